The summed E-state index contributed by atoms with van der Waals surface area (Å²) < 4.78 is 0. The molecule has 37 heavy (non-hydrogen) atoms. The topological polar surface area (TPSA) is 140 Å². The third-order valence-corrected chi connectivity index (χ3v) is 5.54. The van der Waals surface area contributed by atoms with Crippen LogP contribution in [0, 0.1) is 26.7 Å². The predicted molar refractivity (Wildman–Crippen MR) is 133 cm³/mol. The van der Waals surface area contributed by atoms with Crippen LogP contribution in [0.15, 0.2) is 69.6 Å². The van der Waals surface area contributed by atoms with Gasteiger partial charge in [0.25, 0.3) is 0 Å². The van der Waals surface area contributed by atoms with Gasteiger partial charge in [-0.2, -0.15) is 15.0 Å². The van der Waals surface area contributed by atoms with Crippen LogP contribution in [0.5, 0.6) is 0 Å². The van der Waals surface area contributed by atoms with E-state index in [0.717, 1.165) is 0 Å². The van der Waals surface area contributed by atoms with Crippen LogP contribution >= 0.6 is 0 Å². The average molecular weight is 493 g/mol. The number of aliphatic imine (C=N–C) groups is 3. The molecule has 0 unspecified atom stereocenters. The molecule has 0 saturated heterocycles. The minimum absolute atomic E-state index is 0.0734. The van der Waals surface area contributed by atoms with Gasteiger partial charge in [0.1, 0.15) is 5.92 Å². The molecule has 3 rings (SSSR count). The lowest BCUT2D eigenvalue weighted by atomic mass is 9.82. The maximum Gasteiger partial charge on any atom is 0.240 e. The number of aryl methyl sites for hydroxylation is 3. The van der Waals surface area contributed by atoms with Crippen LogP contribution in [-0.2, 0) is 14.4 Å². The molecule has 0 spiro atoms. The standard InChI is InChI=1S/C28H19N3O6/c1-16-4-7-19(22(10-16)29-13-32)26(35)25(27(36)20-8-5-17(2)11-23(20)30-14-33)28(37)21-9-6-18(3)12-24(21)31-15-34/h4-12,25H,1-3H3. The van der Waals surface area contributed by atoms with Crippen LogP contribution in [0.4, 0.5) is 17.1 Å². The molecule has 9 nitrogen and oxygen atoms in total. The first-order valence-electron chi connectivity index (χ1n) is 10.9. The molecule has 0 aromatic heterocycles. The zero-order valence-corrected chi connectivity index (χ0v) is 20.1. The van der Waals surface area contributed by atoms with Crippen LogP contribution < -0.4 is 0 Å². The summed E-state index contributed by atoms with van der Waals surface area (Å²) in [7, 11) is 0. The van der Waals surface area contributed by atoms with Gasteiger partial charge in [-0.15, -0.1) is 0 Å². The second-order valence-electron chi connectivity index (χ2n) is 8.20. The Morgan fingerprint density at radius 3 is 1.05 bits per heavy atom. The van der Waals surface area contributed by atoms with Crippen molar-refractivity contribution in [1.82, 2.24) is 0 Å². The lowest BCUT2D eigenvalue weighted by Gasteiger charge is -2.17. The van der Waals surface area contributed by atoms with E-state index in [-0.39, 0.29) is 33.8 Å². The normalized spacial score (nSPS) is 10.8. The Labute approximate surface area is 211 Å². The number of Topliss-reactive ketones (excluding diaryl/α,β-unsaturated/α-hetero) is 3. The van der Waals surface area contributed by atoms with Crippen LogP contribution in [0.1, 0.15) is 47.8 Å². The maximum absolute atomic E-state index is 13.8. The van der Waals surface area contributed by atoms with Crippen molar-refractivity contribution in [1.29, 1.82) is 0 Å². The number of benzene rings is 3. The first-order chi connectivity index (χ1) is 17.7. The molecule has 0 radical (unpaired) electrons. The van der Waals surface area contributed by atoms with Gasteiger partial charge in [0.2, 0.25) is 18.2 Å². The second kappa shape index (κ2) is 11.5. The molecular weight excluding hydrogens is 474 g/mol. The zero-order valence-electron chi connectivity index (χ0n) is 20.1. The van der Waals surface area contributed by atoms with Crippen molar-refractivity contribution in [3.8, 4) is 0 Å². The smallest absolute Gasteiger partial charge is 0.240 e. The maximum atomic E-state index is 13.8. The number of rotatable bonds is 9. The Bertz CT molecular complexity index is 1400. The summed E-state index contributed by atoms with van der Waals surface area (Å²) in [5, 5.41) is 0. The molecule has 0 amide bonds. The van der Waals surface area contributed by atoms with E-state index in [0.29, 0.717) is 16.7 Å². The SMILES string of the molecule is Cc1ccc(C(=O)C(C(=O)c2ccc(C)cc2N=C=O)C(=O)c2ccc(C)cc2N=C=O)c(N=C=O)c1. The molecule has 9 heteroatoms. The molecule has 0 heterocycles. The van der Waals surface area contributed by atoms with E-state index >= 15 is 0 Å². The summed E-state index contributed by atoms with van der Waals surface area (Å²) in [5.74, 6) is -4.83. The van der Waals surface area contributed by atoms with Crippen LogP contribution in [0.25, 0.3) is 0 Å². The van der Waals surface area contributed by atoms with Crippen molar-refractivity contribution in [3.63, 3.8) is 0 Å². The average Bonchev–Trinajstić information content (AvgIpc) is 2.85. The fraction of sp³-hybridized carbons (Fsp3) is 0.143. The van der Waals surface area contributed by atoms with Gasteiger partial charge >= 0.3 is 0 Å². The van der Waals surface area contributed by atoms with Crippen LogP contribution in [0.2, 0.25) is 0 Å². The zero-order chi connectivity index (χ0) is 27.1. The number of hydrogen-bond acceptors (Lipinski definition) is 9. The molecule has 0 aliphatic heterocycles. The molecule has 182 valence electrons. The van der Waals surface area contributed by atoms with Crippen molar-refractivity contribution in [2.24, 2.45) is 20.9 Å². The second-order valence-corrected chi connectivity index (χ2v) is 8.20. The Kier molecular flexibility index (Phi) is 8.20. The number of carbonyl (C=O) groups is 3. The summed E-state index contributed by atoms with van der Waals surface area (Å²) in [6, 6.07) is 13.0. The largest absolute Gasteiger partial charge is 0.293 e. The fourth-order valence-corrected chi connectivity index (χ4v) is 3.80. The fourth-order valence-electron chi connectivity index (χ4n) is 3.80. The lowest BCUT2D eigenvalue weighted by Crippen LogP contribution is -2.32. The van der Waals surface area contributed by atoms with Gasteiger partial charge in [-0.1, -0.05) is 18.2 Å². The van der Waals surface area contributed by atoms with E-state index < -0.39 is 23.3 Å². The summed E-state index contributed by atoms with van der Waals surface area (Å²) in [6.45, 7) is 5.12. The number of carbonyl (C=O) groups excluding carboxylic acids is 6. The highest BCUT2D eigenvalue weighted by Gasteiger charge is 2.38. The van der Waals surface area contributed by atoms with Gasteiger partial charge in [-0.05, 0) is 73.9 Å². The van der Waals surface area contributed by atoms with Crippen molar-refractivity contribution >= 4 is 52.7 Å². The van der Waals surface area contributed by atoms with E-state index in [2.05, 4.69) is 15.0 Å². The predicted octanol–water partition coefficient (Wildman–Crippen LogP) is 5.08. The number of ketones is 3. The molecule has 0 fully saturated rings. The van der Waals surface area contributed by atoms with Gasteiger partial charge in [0, 0.05) is 16.7 Å². The highest BCUT2D eigenvalue weighted by Crippen LogP contribution is 2.32. The van der Waals surface area contributed by atoms with E-state index in [4.69, 9.17) is 0 Å². The minimum atomic E-state index is -1.98. The highest BCUT2D eigenvalue weighted by atomic mass is 16.2. The van der Waals surface area contributed by atoms with Crippen molar-refractivity contribution in [3.05, 3.63) is 88.0 Å². The van der Waals surface area contributed by atoms with Crippen molar-refractivity contribution < 1.29 is 28.8 Å². The van der Waals surface area contributed by atoms with E-state index in [1.54, 1.807) is 39.0 Å². The van der Waals surface area contributed by atoms with Crippen molar-refractivity contribution in [2.75, 3.05) is 0 Å². The molecule has 0 atom stereocenters. The lowest BCUT2D eigenvalue weighted by molar-refractivity contribution is 0.0734. The molecule has 0 aliphatic rings. The minimum Gasteiger partial charge on any atom is -0.293 e. The van der Waals surface area contributed by atoms with E-state index in [9.17, 15) is 28.8 Å². The Balaban J connectivity index is 2.30. The molecule has 0 bridgehead atoms. The van der Waals surface area contributed by atoms with Gasteiger partial charge in [0.15, 0.2) is 17.3 Å². The number of nitrogens with zero attached hydrogens (tertiary/aromatic N) is 3. The van der Waals surface area contributed by atoms with Gasteiger partial charge in [-0.3, -0.25) is 14.4 Å². The molecule has 0 N–H and O–H groups in total. The van der Waals surface area contributed by atoms with E-state index in [1.165, 1.54) is 54.6 Å². The Hall–Kier alpha value is -5.19. The van der Waals surface area contributed by atoms with E-state index in [1.807, 2.05) is 0 Å². The number of isocyanates is 3. The van der Waals surface area contributed by atoms with Gasteiger partial charge < -0.3 is 0 Å². The molecule has 0 saturated carbocycles. The summed E-state index contributed by atoms with van der Waals surface area (Å²) in [6.07, 6.45) is 4.11. The van der Waals surface area contributed by atoms with Crippen LogP contribution in [-0.4, -0.2) is 35.6 Å². The molecule has 3 aromatic carbocycles. The van der Waals surface area contributed by atoms with Gasteiger partial charge in [0.05, 0.1) is 17.1 Å². The monoisotopic (exact) mass is 493 g/mol. The quantitative estimate of drug-likeness (QED) is 0.176. The highest BCUT2D eigenvalue weighted by molar-refractivity contribution is 6.33. The summed E-state index contributed by atoms with van der Waals surface area (Å²) >= 11 is 0. The molecule has 3 aromatic rings. The molecule has 0 aliphatic carbocycles. The van der Waals surface area contributed by atoms with Gasteiger partial charge in [-0.25, -0.2) is 14.4 Å². The summed E-state index contributed by atoms with van der Waals surface area (Å²) in [4.78, 5) is 85.1. The van der Waals surface area contributed by atoms with Crippen LogP contribution in [0.3, 0.4) is 0 Å². The third-order valence-electron chi connectivity index (χ3n) is 5.54. The Morgan fingerprint density at radius 1 is 0.541 bits per heavy atom. The summed E-state index contributed by atoms with van der Waals surface area (Å²) in [5.41, 5.74) is 1.29. The molecular formula is C28H19N3O6. The number of hydrogen-bond donors (Lipinski definition) is 0. The Morgan fingerprint density at radius 2 is 0.811 bits per heavy atom. The first-order valence-corrected chi connectivity index (χ1v) is 10.9. The van der Waals surface area contributed by atoms with Crippen molar-refractivity contribution in [2.45, 2.75) is 20.8 Å². The third kappa shape index (κ3) is 5.73. The first kappa shape index (κ1) is 26.4.